The highest BCUT2D eigenvalue weighted by atomic mass is 16.5. The monoisotopic (exact) mass is 225 g/mol. The molecule has 6 nitrogen and oxygen atoms in total. The zero-order chi connectivity index (χ0) is 12.0. The van der Waals surface area contributed by atoms with Gasteiger partial charge < -0.3 is 15.0 Å². The molecule has 0 aliphatic rings. The Labute approximate surface area is 93.4 Å². The summed E-state index contributed by atoms with van der Waals surface area (Å²) in [6, 6.07) is -0.299. The molecule has 0 radical (unpaired) electrons. The molecule has 6 heteroatoms. The predicted molar refractivity (Wildman–Crippen MR) is 56.4 cm³/mol. The van der Waals surface area contributed by atoms with Gasteiger partial charge in [0.1, 0.15) is 5.82 Å². The van der Waals surface area contributed by atoms with Crippen LogP contribution in [0, 0.1) is 0 Å². The van der Waals surface area contributed by atoms with E-state index in [0.29, 0.717) is 12.2 Å². The Kier molecular flexibility index (Phi) is 4.50. The van der Waals surface area contributed by atoms with E-state index < -0.39 is 11.9 Å². The fraction of sp³-hybridized carbons (Fsp3) is 0.500. The zero-order valence-electron chi connectivity index (χ0n) is 9.32. The Balaban J connectivity index is 2.57. The van der Waals surface area contributed by atoms with E-state index in [0.717, 1.165) is 0 Å². The Bertz CT molecular complexity index is 348. The fourth-order valence-corrected chi connectivity index (χ4v) is 1.25. The van der Waals surface area contributed by atoms with Crippen molar-refractivity contribution in [3.8, 4) is 0 Å². The molecular formula is C10H15N3O3. The molecule has 1 aromatic rings. The van der Waals surface area contributed by atoms with Gasteiger partial charge in [-0.2, -0.15) is 0 Å². The summed E-state index contributed by atoms with van der Waals surface area (Å²) < 4.78 is 4.58. The van der Waals surface area contributed by atoms with E-state index in [2.05, 4.69) is 20.0 Å². The van der Waals surface area contributed by atoms with Crippen LogP contribution in [0.15, 0.2) is 12.4 Å². The second kappa shape index (κ2) is 5.89. The predicted octanol–water partition coefficient (Wildman–Crippen LogP) is 0.540. The number of hydrogen-bond acceptors (Lipinski definition) is 4. The lowest BCUT2D eigenvalue weighted by Gasteiger charge is -2.13. The van der Waals surface area contributed by atoms with E-state index in [9.17, 15) is 9.59 Å². The van der Waals surface area contributed by atoms with Crippen molar-refractivity contribution in [1.29, 1.82) is 0 Å². The third-order valence-electron chi connectivity index (χ3n) is 2.02. The Morgan fingerprint density at radius 3 is 2.81 bits per heavy atom. The highest BCUT2D eigenvalue weighted by Gasteiger charge is 2.20. The van der Waals surface area contributed by atoms with Crippen molar-refractivity contribution in [2.45, 2.75) is 26.3 Å². The fourth-order valence-electron chi connectivity index (χ4n) is 1.25. The minimum Gasteiger partial charge on any atom is -0.459 e. The molecule has 0 spiro atoms. The first kappa shape index (κ1) is 12.2. The number of carbonyl (C=O) groups excluding carboxylic acids is 2. The molecule has 2 N–H and O–H groups in total. The number of aromatic nitrogens is 2. The van der Waals surface area contributed by atoms with Crippen LogP contribution in [0.5, 0.6) is 0 Å². The molecule has 1 rings (SSSR count). The molecule has 1 amide bonds. The highest BCUT2D eigenvalue weighted by Crippen LogP contribution is 2.10. The number of nitrogens with one attached hydrogen (secondary N) is 2. The number of H-pyrrole nitrogens is 1. The van der Waals surface area contributed by atoms with Crippen LogP contribution in [-0.4, -0.2) is 28.5 Å². The van der Waals surface area contributed by atoms with Crippen LogP contribution in [0.3, 0.4) is 0 Å². The van der Waals surface area contributed by atoms with Gasteiger partial charge in [0.05, 0.1) is 12.6 Å². The van der Waals surface area contributed by atoms with Crippen LogP contribution in [0.1, 0.15) is 32.1 Å². The maximum Gasteiger partial charge on any atom is 0.396 e. The number of aromatic amines is 1. The molecule has 1 unspecified atom stereocenters. The summed E-state index contributed by atoms with van der Waals surface area (Å²) in [7, 11) is 0. The molecular weight excluding hydrogens is 210 g/mol. The molecule has 1 aromatic heterocycles. The first-order valence-electron chi connectivity index (χ1n) is 5.15. The van der Waals surface area contributed by atoms with Gasteiger partial charge in [-0.1, -0.05) is 6.92 Å². The molecule has 16 heavy (non-hydrogen) atoms. The maximum atomic E-state index is 11.4. The van der Waals surface area contributed by atoms with E-state index in [-0.39, 0.29) is 12.6 Å². The topological polar surface area (TPSA) is 84.1 Å². The molecule has 0 saturated carbocycles. The molecule has 0 bridgehead atoms. The van der Waals surface area contributed by atoms with Crippen LogP contribution < -0.4 is 5.32 Å². The van der Waals surface area contributed by atoms with E-state index in [1.54, 1.807) is 19.3 Å². The van der Waals surface area contributed by atoms with Gasteiger partial charge >= 0.3 is 11.9 Å². The summed E-state index contributed by atoms with van der Waals surface area (Å²) in [5, 5.41) is 2.55. The molecule has 1 atom stereocenters. The molecule has 0 fully saturated rings. The normalized spacial score (nSPS) is 11.9. The summed E-state index contributed by atoms with van der Waals surface area (Å²) in [4.78, 5) is 29.4. The van der Waals surface area contributed by atoms with Crippen molar-refractivity contribution in [1.82, 2.24) is 15.3 Å². The standard InChI is InChI=1S/C10H15N3O3/c1-3-7(8-11-5-6-12-8)13-9(14)10(15)16-4-2/h5-7H,3-4H2,1-2H3,(H,11,12)(H,13,14). The number of rotatable bonds is 4. The van der Waals surface area contributed by atoms with Gasteiger partial charge in [-0.3, -0.25) is 4.79 Å². The quantitative estimate of drug-likeness (QED) is 0.578. The van der Waals surface area contributed by atoms with Crippen LogP contribution in [0.4, 0.5) is 0 Å². The number of imidazole rings is 1. The smallest absolute Gasteiger partial charge is 0.396 e. The average molecular weight is 225 g/mol. The van der Waals surface area contributed by atoms with Gasteiger partial charge in [0, 0.05) is 12.4 Å². The van der Waals surface area contributed by atoms with E-state index >= 15 is 0 Å². The lowest BCUT2D eigenvalue weighted by molar-refractivity contribution is -0.154. The van der Waals surface area contributed by atoms with Crippen molar-refractivity contribution < 1.29 is 14.3 Å². The molecule has 0 aromatic carbocycles. The average Bonchev–Trinajstić information content (AvgIpc) is 2.79. The highest BCUT2D eigenvalue weighted by molar-refractivity contribution is 6.32. The molecule has 0 aliphatic heterocycles. The number of esters is 1. The number of ether oxygens (including phenoxy) is 1. The molecule has 0 saturated heterocycles. The maximum absolute atomic E-state index is 11.4. The summed E-state index contributed by atoms with van der Waals surface area (Å²) in [5.41, 5.74) is 0. The van der Waals surface area contributed by atoms with Gasteiger partial charge in [0.2, 0.25) is 0 Å². The number of nitrogens with zero attached hydrogens (tertiary/aromatic N) is 1. The lowest BCUT2D eigenvalue weighted by atomic mass is 10.2. The van der Waals surface area contributed by atoms with Crippen molar-refractivity contribution in [3.05, 3.63) is 18.2 Å². The Morgan fingerprint density at radius 2 is 2.31 bits per heavy atom. The van der Waals surface area contributed by atoms with Gasteiger partial charge in [-0.15, -0.1) is 0 Å². The van der Waals surface area contributed by atoms with Crippen molar-refractivity contribution in [2.75, 3.05) is 6.61 Å². The van der Waals surface area contributed by atoms with Crippen molar-refractivity contribution >= 4 is 11.9 Å². The lowest BCUT2D eigenvalue weighted by Crippen LogP contribution is -2.35. The van der Waals surface area contributed by atoms with E-state index in [1.165, 1.54) is 0 Å². The number of amides is 1. The summed E-state index contributed by atoms with van der Waals surface area (Å²) in [5.74, 6) is -0.988. The third kappa shape index (κ3) is 3.08. The first-order valence-corrected chi connectivity index (χ1v) is 5.15. The van der Waals surface area contributed by atoms with E-state index in [4.69, 9.17) is 0 Å². The van der Waals surface area contributed by atoms with Crippen LogP contribution in [0.2, 0.25) is 0 Å². The van der Waals surface area contributed by atoms with Gasteiger partial charge in [0.25, 0.3) is 0 Å². The molecule has 88 valence electrons. The summed E-state index contributed by atoms with van der Waals surface area (Å²) in [6.45, 7) is 3.72. The molecule has 1 heterocycles. The van der Waals surface area contributed by atoms with Crippen LogP contribution >= 0.6 is 0 Å². The van der Waals surface area contributed by atoms with Crippen molar-refractivity contribution in [2.24, 2.45) is 0 Å². The summed E-state index contributed by atoms with van der Waals surface area (Å²) in [6.07, 6.45) is 3.89. The zero-order valence-corrected chi connectivity index (χ0v) is 9.32. The number of carbonyl (C=O) groups is 2. The SMILES string of the molecule is CCOC(=O)C(=O)NC(CC)c1ncc[nH]1. The second-order valence-corrected chi connectivity index (χ2v) is 3.13. The largest absolute Gasteiger partial charge is 0.459 e. The van der Waals surface area contributed by atoms with Crippen molar-refractivity contribution in [3.63, 3.8) is 0 Å². The van der Waals surface area contributed by atoms with Gasteiger partial charge in [-0.25, -0.2) is 9.78 Å². The number of hydrogen-bond donors (Lipinski definition) is 2. The van der Waals surface area contributed by atoms with Crippen LogP contribution in [0.25, 0.3) is 0 Å². The minimum atomic E-state index is -0.868. The Morgan fingerprint density at radius 1 is 1.56 bits per heavy atom. The van der Waals surface area contributed by atoms with E-state index in [1.807, 2.05) is 6.92 Å². The second-order valence-electron chi connectivity index (χ2n) is 3.13. The minimum absolute atomic E-state index is 0.184. The van der Waals surface area contributed by atoms with Crippen LogP contribution in [-0.2, 0) is 14.3 Å². The van der Waals surface area contributed by atoms with Gasteiger partial charge in [-0.05, 0) is 13.3 Å². The van der Waals surface area contributed by atoms with Gasteiger partial charge in [0.15, 0.2) is 0 Å². The Hall–Kier alpha value is -1.85. The third-order valence-corrected chi connectivity index (χ3v) is 2.02. The molecule has 0 aliphatic carbocycles. The summed E-state index contributed by atoms with van der Waals surface area (Å²) >= 11 is 0. The first-order chi connectivity index (χ1) is 7.69.